The predicted octanol–water partition coefficient (Wildman–Crippen LogP) is 3.42. The Balaban J connectivity index is 1.82. The number of carbonyl (C=O) groups excluding carboxylic acids is 3. The van der Waals surface area contributed by atoms with Gasteiger partial charge in [0.15, 0.2) is 0 Å². The van der Waals surface area contributed by atoms with E-state index in [1.807, 2.05) is 6.07 Å². The summed E-state index contributed by atoms with van der Waals surface area (Å²) in [5.41, 5.74) is 1.79. The SMILES string of the molecule is CCOC(=O)N1c2ccc(Cl)cc2C[C@@H]2C(=O)N(c3ccccc3)C(=O)[C@@H]21. The fraction of sp³-hybridized carbons (Fsp3) is 0.250. The topological polar surface area (TPSA) is 66.9 Å². The zero-order valence-corrected chi connectivity index (χ0v) is 15.3. The second-order valence-electron chi connectivity index (χ2n) is 6.44. The van der Waals surface area contributed by atoms with Crippen molar-refractivity contribution in [2.45, 2.75) is 19.4 Å². The molecule has 4 rings (SSSR count). The predicted molar refractivity (Wildman–Crippen MR) is 101 cm³/mol. The molecule has 0 radical (unpaired) electrons. The van der Waals surface area contributed by atoms with E-state index in [-0.39, 0.29) is 12.5 Å². The molecule has 0 N–H and O–H groups in total. The molecule has 0 spiro atoms. The van der Waals surface area contributed by atoms with E-state index in [9.17, 15) is 14.4 Å². The highest BCUT2D eigenvalue weighted by atomic mass is 35.5. The quantitative estimate of drug-likeness (QED) is 0.744. The van der Waals surface area contributed by atoms with Gasteiger partial charge in [-0.2, -0.15) is 0 Å². The van der Waals surface area contributed by atoms with Crippen LogP contribution in [0.5, 0.6) is 0 Å². The second-order valence-corrected chi connectivity index (χ2v) is 6.88. The Morgan fingerprint density at radius 3 is 2.59 bits per heavy atom. The number of imide groups is 1. The van der Waals surface area contributed by atoms with Gasteiger partial charge in [-0.1, -0.05) is 29.8 Å². The van der Waals surface area contributed by atoms with Crippen molar-refractivity contribution in [1.29, 1.82) is 0 Å². The van der Waals surface area contributed by atoms with Crippen LogP contribution in [0.1, 0.15) is 12.5 Å². The lowest BCUT2D eigenvalue weighted by atomic mass is 9.87. The molecule has 27 heavy (non-hydrogen) atoms. The van der Waals surface area contributed by atoms with E-state index in [0.717, 1.165) is 10.5 Å². The third-order valence-electron chi connectivity index (χ3n) is 4.89. The number of ether oxygens (including phenoxy) is 1. The molecular weight excluding hydrogens is 368 g/mol. The summed E-state index contributed by atoms with van der Waals surface area (Å²) in [6, 6.07) is 12.9. The molecule has 2 atom stereocenters. The van der Waals surface area contributed by atoms with Gasteiger partial charge >= 0.3 is 6.09 Å². The van der Waals surface area contributed by atoms with E-state index in [4.69, 9.17) is 16.3 Å². The summed E-state index contributed by atoms with van der Waals surface area (Å²) >= 11 is 6.10. The molecule has 2 aliphatic rings. The monoisotopic (exact) mass is 384 g/mol. The largest absolute Gasteiger partial charge is 0.449 e. The van der Waals surface area contributed by atoms with E-state index >= 15 is 0 Å². The number of hydrogen-bond acceptors (Lipinski definition) is 4. The lowest BCUT2D eigenvalue weighted by Crippen LogP contribution is -2.51. The van der Waals surface area contributed by atoms with E-state index in [0.29, 0.717) is 22.8 Å². The Labute approximate surface area is 161 Å². The third-order valence-corrected chi connectivity index (χ3v) is 5.13. The Morgan fingerprint density at radius 1 is 1.15 bits per heavy atom. The fourth-order valence-electron chi connectivity index (χ4n) is 3.78. The number of rotatable bonds is 2. The number of halogens is 1. The van der Waals surface area contributed by atoms with E-state index < -0.39 is 24.0 Å². The van der Waals surface area contributed by atoms with Gasteiger partial charge in [0.25, 0.3) is 5.91 Å². The van der Waals surface area contributed by atoms with Crippen molar-refractivity contribution in [3.05, 3.63) is 59.1 Å². The number of anilines is 2. The molecule has 2 heterocycles. The number of fused-ring (bicyclic) bond motifs is 2. The van der Waals surface area contributed by atoms with Crippen LogP contribution in [0.25, 0.3) is 0 Å². The molecule has 0 bridgehead atoms. The van der Waals surface area contributed by atoms with E-state index in [1.165, 1.54) is 4.90 Å². The average Bonchev–Trinajstić information content (AvgIpc) is 2.91. The molecule has 3 amide bonds. The Hall–Kier alpha value is -2.86. The maximum absolute atomic E-state index is 13.2. The van der Waals surface area contributed by atoms with Gasteiger partial charge in [-0.15, -0.1) is 0 Å². The Morgan fingerprint density at radius 2 is 1.89 bits per heavy atom. The molecule has 0 saturated carbocycles. The van der Waals surface area contributed by atoms with Gasteiger partial charge in [-0.3, -0.25) is 14.5 Å². The van der Waals surface area contributed by atoms with Crippen LogP contribution in [-0.4, -0.2) is 30.6 Å². The van der Waals surface area contributed by atoms with Crippen LogP contribution < -0.4 is 9.80 Å². The standard InChI is InChI=1S/C20H17ClN2O4/c1-2-27-20(26)23-16-9-8-13(21)10-12(16)11-15-17(23)19(25)22(18(15)24)14-6-4-3-5-7-14/h3-10,15,17H,2,11H2,1H3/t15-,17+/m0/s1. The van der Waals surface area contributed by atoms with Crippen molar-refractivity contribution in [2.24, 2.45) is 5.92 Å². The number of amides is 3. The lowest BCUT2D eigenvalue weighted by Gasteiger charge is -2.35. The van der Waals surface area contributed by atoms with Crippen molar-refractivity contribution < 1.29 is 19.1 Å². The number of nitrogens with zero attached hydrogens (tertiary/aromatic N) is 2. The summed E-state index contributed by atoms with van der Waals surface area (Å²) < 4.78 is 5.17. The molecule has 2 aromatic rings. The first-order valence-electron chi connectivity index (χ1n) is 8.70. The lowest BCUT2D eigenvalue weighted by molar-refractivity contribution is -0.122. The van der Waals surface area contributed by atoms with Crippen molar-refractivity contribution in [2.75, 3.05) is 16.4 Å². The molecule has 0 aliphatic carbocycles. The molecule has 2 aliphatic heterocycles. The highest BCUT2D eigenvalue weighted by Gasteiger charge is 2.55. The molecule has 138 valence electrons. The Kier molecular flexibility index (Phi) is 4.36. The summed E-state index contributed by atoms with van der Waals surface area (Å²) in [5.74, 6) is -1.42. The van der Waals surface area contributed by atoms with Crippen molar-refractivity contribution in [1.82, 2.24) is 0 Å². The molecule has 0 aromatic heterocycles. The molecule has 1 fully saturated rings. The van der Waals surface area contributed by atoms with Crippen LogP contribution in [0, 0.1) is 5.92 Å². The fourth-order valence-corrected chi connectivity index (χ4v) is 3.97. The minimum absolute atomic E-state index is 0.167. The number of carbonyl (C=O) groups is 3. The maximum atomic E-state index is 13.2. The van der Waals surface area contributed by atoms with Crippen LogP contribution in [-0.2, 0) is 20.7 Å². The van der Waals surface area contributed by atoms with Crippen molar-refractivity contribution in [3.63, 3.8) is 0 Å². The molecular formula is C20H17ClN2O4. The van der Waals surface area contributed by atoms with Crippen LogP contribution in [0.15, 0.2) is 48.5 Å². The molecule has 7 heteroatoms. The van der Waals surface area contributed by atoms with E-state index in [1.54, 1.807) is 49.4 Å². The van der Waals surface area contributed by atoms with Gasteiger partial charge in [0.2, 0.25) is 5.91 Å². The zero-order chi connectivity index (χ0) is 19.1. The first-order valence-corrected chi connectivity index (χ1v) is 9.08. The van der Waals surface area contributed by atoms with Crippen LogP contribution in [0.4, 0.5) is 16.2 Å². The van der Waals surface area contributed by atoms with Gasteiger partial charge in [-0.05, 0) is 49.2 Å². The number of hydrogen-bond donors (Lipinski definition) is 0. The van der Waals surface area contributed by atoms with E-state index in [2.05, 4.69) is 0 Å². The first-order chi connectivity index (χ1) is 13.0. The van der Waals surface area contributed by atoms with Crippen molar-refractivity contribution >= 4 is 40.9 Å². The second kappa shape index (κ2) is 6.70. The molecule has 6 nitrogen and oxygen atoms in total. The smallest absolute Gasteiger partial charge is 0.415 e. The van der Waals surface area contributed by atoms with Gasteiger partial charge in [0, 0.05) is 5.02 Å². The van der Waals surface area contributed by atoms with Crippen molar-refractivity contribution in [3.8, 4) is 0 Å². The summed E-state index contributed by atoms with van der Waals surface area (Å²) in [7, 11) is 0. The van der Waals surface area contributed by atoms with Gasteiger partial charge < -0.3 is 4.74 Å². The number of para-hydroxylation sites is 1. The summed E-state index contributed by atoms with van der Waals surface area (Å²) in [6.45, 7) is 1.86. The molecule has 1 saturated heterocycles. The normalized spacial score (nSPS) is 21.1. The highest BCUT2D eigenvalue weighted by molar-refractivity contribution is 6.31. The first kappa shape index (κ1) is 17.5. The van der Waals surface area contributed by atoms with Gasteiger partial charge in [0.1, 0.15) is 6.04 Å². The van der Waals surface area contributed by atoms with Crippen LogP contribution >= 0.6 is 11.6 Å². The van der Waals surface area contributed by atoms with Gasteiger partial charge in [-0.25, -0.2) is 9.69 Å². The Bertz CT molecular complexity index is 931. The van der Waals surface area contributed by atoms with Crippen LogP contribution in [0.2, 0.25) is 5.02 Å². The number of benzene rings is 2. The minimum atomic E-state index is -0.926. The maximum Gasteiger partial charge on any atom is 0.415 e. The van der Waals surface area contributed by atoms with Gasteiger partial charge in [0.05, 0.1) is 23.9 Å². The summed E-state index contributed by atoms with van der Waals surface area (Å²) in [4.78, 5) is 41.4. The minimum Gasteiger partial charge on any atom is -0.449 e. The van der Waals surface area contributed by atoms with Crippen LogP contribution in [0.3, 0.4) is 0 Å². The summed E-state index contributed by atoms with van der Waals surface area (Å²) in [6.07, 6.45) is -0.309. The zero-order valence-electron chi connectivity index (χ0n) is 14.6. The molecule has 0 unspecified atom stereocenters. The summed E-state index contributed by atoms with van der Waals surface area (Å²) in [5, 5.41) is 0.507. The highest BCUT2D eigenvalue weighted by Crippen LogP contribution is 2.41. The third kappa shape index (κ3) is 2.77. The molecule has 2 aromatic carbocycles. The average molecular weight is 385 g/mol.